The molecule has 0 saturated carbocycles. The van der Waals surface area contributed by atoms with Crippen LogP contribution in [0, 0.1) is 10.1 Å². The number of piperidine rings is 1. The van der Waals surface area contributed by atoms with Gasteiger partial charge in [0, 0.05) is 18.2 Å². The Hall–Kier alpha value is -4.14. The average molecular weight is 598 g/mol. The Morgan fingerprint density at radius 1 is 1.24 bits per heavy atom. The highest BCUT2D eigenvalue weighted by atomic mass is 32.2. The number of carbonyl (C=O) groups excluding carboxylic acids is 1. The summed E-state index contributed by atoms with van der Waals surface area (Å²) in [5.41, 5.74) is 0.787. The number of thiazole rings is 1. The van der Waals surface area contributed by atoms with E-state index in [1.807, 2.05) is 6.92 Å². The SMILES string of the molecule is CCC1CCCCN1S(=O)(=O)c1ccc(C(=O)N(/N=C/c2ccc([N+](=O)[O-])o2)c2nc3ccc(OC)cc3s2)cc1. The molecular weight excluding hydrogens is 570 g/mol. The van der Waals surface area contributed by atoms with Gasteiger partial charge in [-0.3, -0.25) is 14.9 Å². The molecule has 4 aromatic rings. The van der Waals surface area contributed by atoms with Gasteiger partial charge in [-0.05, 0) is 67.8 Å². The number of methoxy groups -OCH3 is 1. The van der Waals surface area contributed by atoms with E-state index in [1.165, 1.54) is 53.9 Å². The number of hydrogen-bond acceptors (Lipinski definition) is 10. The van der Waals surface area contributed by atoms with Gasteiger partial charge in [-0.1, -0.05) is 24.7 Å². The molecule has 1 atom stereocenters. The number of amides is 1. The van der Waals surface area contributed by atoms with Crippen molar-refractivity contribution in [1.29, 1.82) is 0 Å². The largest absolute Gasteiger partial charge is 0.497 e. The number of rotatable bonds is 9. The van der Waals surface area contributed by atoms with E-state index in [4.69, 9.17) is 9.15 Å². The zero-order valence-electron chi connectivity index (χ0n) is 22.3. The van der Waals surface area contributed by atoms with E-state index in [9.17, 15) is 23.3 Å². The van der Waals surface area contributed by atoms with E-state index in [2.05, 4.69) is 10.1 Å². The highest BCUT2D eigenvalue weighted by Crippen LogP contribution is 2.33. The number of carbonyl (C=O) groups is 1. The number of nitrogens with zero attached hydrogens (tertiary/aromatic N) is 5. The Morgan fingerprint density at radius 2 is 2.02 bits per heavy atom. The number of fused-ring (bicyclic) bond motifs is 1. The van der Waals surface area contributed by atoms with Gasteiger partial charge in [-0.15, -0.1) is 0 Å². The first-order valence-electron chi connectivity index (χ1n) is 12.9. The van der Waals surface area contributed by atoms with Gasteiger partial charge in [-0.25, -0.2) is 13.4 Å². The summed E-state index contributed by atoms with van der Waals surface area (Å²) in [5.74, 6) is -0.368. The number of sulfonamides is 1. The quantitative estimate of drug-likeness (QED) is 0.141. The summed E-state index contributed by atoms with van der Waals surface area (Å²) < 4.78 is 39.5. The van der Waals surface area contributed by atoms with Crippen molar-refractivity contribution in [2.24, 2.45) is 5.10 Å². The fourth-order valence-corrected chi connectivity index (χ4v) is 7.37. The Kier molecular flexibility index (Phi) is 8.15. The van der Waals surface area contributed by atoms with Crippen LogP contribution in [0.15, 0.2) is 69.0 Å². The van der Waals surface area contributed by atoms with Crippen molar-refractivity contribution in [3.63, 3.8) is 0 Å². The van der Waals surface area contributed by atoms with Gasteiger partial charge in [0.1, 0.15) is 10.7 Å². The molecule has 41 heavy (non-hydrogen) atoms. The minimum atomic E-state index is -3.72. The number of aromatic nitrogens is 1. The fourth-order valence-electron chi connectivity index (χ4n) is 4.65. The number of ether oxygens (including phenoxy) is 1. The van der Waals surface area contributed by atoms with Crippen LogP contribution in [0.5, 0.6) is 5.75 Å². The summed E-state index contributed by atoms with van der Waals surface area (Å²) >= 11 is 1.19. The predicted molar refractivity (Wildman–Crippen MR) is 154 cm³/mol. The Bertz CT molecular complexity index is 1710. The molecule has 0 aliphatic carbocycles. The molecule has 14 heteroatoms. The van der Waals surface area contributed by atoms with Crippen molar-refractivity contribution in [2.45, 2.75) is 43.5 Å². The van der Waals surface area contributed by atoms with Crippen LogP contribution in [0.2, 0.25) is 0 Å². The molecule has 1 unspecified atom stereocenters. The molecule has 214 valence electrons. The smallest absolute Gasteiger partial charge is 0.433 e. The maximum atomic E-state index is 13.7. The third-order valence-electron chi connectivity index (χ3n) is 6.80. The summed E-state index contributed by atoms with van der Waals surface area (Å²) in [6.45, 7) is 2.45. The van der Waals surface area contributed by atoms with Crippen molar-refractivity contribution in [2.75, 3.05) is 18.7 Å². The summed E-state index contributed by atoms with van der Waals surface area (Å²) in [6.07, 6.45) is 4.55. The van der Waals surface area contributed by atoms with E-state index in [1.54, 1.807) is 29.6 Å². The Morgan fingerprint density at radius 3 is 2.71 bits per heavy atom. The van der Waals surface area contributed by atoms with Crippen molar-refractivity contribution in [1.82, 2.24) is 9.29 Å². The second-order valence-electron chi connectivity index (χ2n) is 9.32. The van der Waals surface area contributed by atoms with Crippen molar-refractivity contribution in [3.05, 3.63) is 76.0 Å². The van der Waals surface area contributed by atoms with Crippen LogP contribution in [0.1, 0.15) is 48.7 Å². The van der Waals surface area contributed by atoms with Crippen molar-refractivity contribution >= 4 is 54.7 Å². The van der Waals surface area contributed by atoms with Gasteiger partial charge < -0.3 is 9.15 Å². The molecule has 1 aliphatic rings. The lowest BCUT2D eigenvalue weighted by atomic mass is 10.0. The average Bonchev–Trinajstić information content (AvgIpc) is 3.64. The molecule has 0 radical (unpaired) electrons. The highest BCUT2D eigenvalue weighted by molar-refractivity contribution is 7.89. The van der Waals surface area contributed by atoms with Gasteiger partial charge in [0.2, 0.25) is 15.2 Å². The van der Waals surface area contributed by atoms with E-state index in [-0.39, 0.29) is 27.4 Å². The number of benzene rings is 2. The third kappa shape index (κ3) is 5.85. The first-order chi connectivity index (χ1) is 19.7. The zero-order valence-corrected chi connectivity index (χ0v) is 23.9. The van der Waals surface area contributed by atoms with E-state index in [0.717, 1.165) is 35.4 Å². The summed E-state index contributed by atoms with van der Waals surface area (Å²) in [4.78, 5) is 28.7. The normalized spacial score (nSPS) is 16.3. The lowest BCUT2D eigenvalue weighted by molar-refractivity contribution is -0.402. The van der Waals surface area contributed by atoms with Crippen LogP contribution in [0.3, 0.4) is 0 Å². The highest BCUT2D eigenvalue weighted by Gasteiger charge is 2.32. The number of furan rings is 1. The first-order valence-corrected chi connectivity index (χ1v) is 15.2. The van der Waals surface area contributed by atoms with Crippen LogP contribution in [-0.4, -0.2) is 54.4 Å². The maximum absolute atomic E-state index is 13.7. The van der Waals surface area contributed by atoms with Crippen molar-refractivity contribution in [3.8, 4) is 5.75 Å². The Balaban J connectivity index is 1.48. The van der Waals surface area contributed by atoms with E-state index in [0.29, 0.717) is 17.8 Å². The number of nitro groups is 1. The topological polar surface area (TPSA) is 148 Å². The van der Waals surface area contributed by atoms with Gasteiger partial charge in [-0.2, -0.15) is 14.4 Å². The molecule has 0 spiro atoms. The summed E-state index contributed by atoms with van der Waals surface area (Å²) in [5, 5.41) is 16.5. The maximum Gasteiger partial charge on any atom is 0.433 e. The van der Waals surface area contributed by atoms with Gasteiger partial charge in [0.25, 0.3) is 5.91 Å². The summed E-state index contributed by atoms with van der Waals surface area (Å²) in [7, 11) is -2.18. The second kappa shape index (κ2) is 11.8. The van der Waals surface area contributed by atoms with Crippen LogP contribution < -0.4 is 9.75 Å². The summed E-state index contributed by atoms with van der Waals surface area (Å²) in [6, 6.07) is 13.5. The molecule has 3 heterocycles. The molecule has 1 saturated heterocycles. The number of hydrazone groups is 1. The molecule has 0 N–H and O–H groups in total. The molecule has 2 aromatic carbocycles. The lowest BCUT2D eigenvalue weighted by Crippen LogP contribution is -2.43. The first kappa shape index (κ1) is 28.4. The lowest BCUT2D eigenvalue weighted by Gasteiger charge is -2.34. The minimum Gasteiger partial charge on any atom is -0.497 e. The van der Waals surface area contributed by atoms with Crippen molar-refractivity contribution < 1.29 is 27.3 Å². The number of anilines is 1. The molecule has 0 bridgehead atoms. The third-order valence-corrected chi connectivity index (χ3v) is 9.76. The standard InChI is InChI=1S/C27H27N5O7S2/c1-3-19-6-4-5-15-30(19)41(36,37)22-11-7-18(8-12-22)26(33)31(28-17-21-10-14-25(39-21)32(34)35)27-29-23-13-9-20(38-2)16-24(23)40-27/h7-14,16-17,19H,3-6,15H2,1-2H3/b28-17+. The Labute approximate surface area is 240 Å². The van der Waals surface area contributed by atoms with Crippen LogP contribution in [0.25, 0.3) is 10.2 Å². The molecule has 5 rings (SSSR count). The number of hydrogen-bond donors (Lipinski definition) is 0. The fraction of sp³-hybridized carbons (Fsp3) is 0.296. The second-order valence-corrected chi connectivity index (χ2v) is 12.2. The van der Waals surface area contributed by atoms with Crippen LogP contribution in [0.4, 0.5) is 11.0 Å². The predicted octanol–water partition coefficient (Wildman–Crippen LogP) is 5.44. The monoisotopic (exact) mass is 597 g/mol. The van der Waals surface area contributed by atoms with E-state index >= 15 is 0 Å². The van der Waals surface area contributed by atoms with Gasteiger partial charge in [0.05, 0.1) is 34.5 Å². The van der Waals surface area contributed by atoms with Crippen LogP contribution in [-0.2, 0) is 10.0 Å². The van der Waals surface area contributed by atoms with E-state index < -0.39 is 26.7 Å². The van der Waals surface area contributed by atoms with Gasteiger partial charge in [0.15, 0.2) is 5.76 Å². The molecule has 1 aliphatic heterocycles. The molecular formula is C27H27N5O7S2. The molecule has 2 aromatic heterocycles. The molecule has 1 amide bonds. The molecule has 12 nitrogen and oxygen atoms in total. The minimum absolute atomic E-state index is 0.0463. The van der Waals surface area contributed by atoms with Gasteiger partial charge >= 0.3 is 5.88 Å². The zero-order chi connectivity index (χ0) is 29.1. The van der Waals surface area contributed by atoms with Crippen LogP contribution >= 0.6 is 11.3 Å². The molecule has 1 fully saturated rings.